The Morgan fingerprint density at radius 3 is 1.70 bits per heavy atom. The maximum Gasteiger partial charge on any atom is 0.278 e. The van der Waals surface area contributed by atoms with Crippen LogP contribution < -0.4 is 36.2 Å². The lowest BCUT2D eigenvalue weighted by Gasteiger charge is -2.53. The Morgan fingerprint density at radius 1 is 0.675 bits per heavy atom. The zero-order valence-corrected chi connectivity index (χ0v) is 42.1. The Morgan fingerprint density at radius 2 is 1.18 bits per heavy atom. The van der Waals surface area contributed by atoms with Gasteiger partial charge in [0.05, 0.1) is 11.1 Å². The van der Waals surface area contributed by atoms with E-state index < -0.39 is 110 Å². The summed E-state index contributed by atoms with van der Waals surface area (Å²) in [6.07, 6.45) is 13.5. The molecule has 23 heteroatoms. The molecule has 4 aliphatic heterocycles. The third-order valence-corrected chi connectivity index (χ3v) is 15.4. The zero-order valence-electron chi connectivity index (χ0n) is 42.1. The predicted octanol–water partition coefficient (Wildman–Crippen LogP) is 5.97. The van der Waals surface area contributed by atoms with Crippen LogP contribution in [0, 0.1) is 34.9 Å². The number of halogens is 6. The third kappa shape index (κ3) is 9.65. The molecule has 77 heavy (non-hydrogen) atoms. The normalized spacial score (nSPS) is 19.0. The van der Waals surface area contributed by atoms with Gasteiger partial charge in [0, 0.05) is 80.1 Å². The Labute approximate surface area is 436 Å². The minimum absolute atomic E-state index is 0.00572. The Hall–Kier alpha value is -8.08. The van der Waals surface area contributed by atoms with Crippen LogP contribution in [0.1, 0.15) is 124 Å². The molecule has 17 nitrogen and oxygen atoms in total. The van der Waals surface area contributed by atoms with Gasteiger partial charge in [-0.25, -0.2) is 26.3 Å². The molecule has 4 N–H and O–H groups in total. The topological polar surface area (TPSA) is 199 Å². The van der Waals surface area contributed by atoms with Crippen LogP contribution in [0.3, 0.4) is 0 Å². The number of carbonyl (C=O) groups is 4. The van der Waals surface area contributed by atoms with Gasteiger partial charge in [0.1, 0.15) is 66.0 Å². The van der Waals surface area contributed by atoms with E-state index in [9.17, 15) is 60.2 Å². The molecule has 2 aliphatic carbocycles. The fourth-order valence-corrected chi connectivity index (χ4v) is 10.7. The van der Waals surface area contributed by atoms with E-state index in [0.717, 1.165) is 64.0 Å². The first-order chi connectivity index (χ1) is 36.8. The van der Waals surface area contributed by atoms with Crippen LogP contribution in [0.5, 0.6) is 11.5 Å². The first-order valence-corrected chi connectivity index (χ1v) is 24.9. The molecule has 5 aromatic rings. The van der Waals surface area contributed by atoms with Crippen molar-refractivity contribution >= 4 is 23.6 Å². The molecule has 2 aromatic heterocycles. The number of nitrogens with one attached hydrogen (secondary N) is 2. The number of amides is 4. The van der Waals surface area contributed by atoms with Crippen LogP contribution in [0.4, 0.5) is 26.3 Å². The van der Waals surface area contributed by atoms with Crippen LogP contribution in [-0.4, -0.2) is 96.6 Å². The molecule has 2 atom stereocenters. The van der Waals surface area contributed by atoms with Crippen molar-refractivity contribution < 1.29 is 60.5 Å². The second kappa shape index (κ2) is 21.2. The van der Waals surface area contributed by atoms with Crippen molar-refractivity contribution in [2.24, 2.45) is 0 Å². The molecule has 4 bridgehead atoms. The summed E-state index contributed by atoms with van der Waals surface area (Å²) in [7, 11) is 1.00. The number of aliphatic hydroxyl groups is 1. The minimum atomic E-state index is -1.18. The van der Waals surface area contributed by atoms with Gasteiger partial charge in [0.2, 0.25) is 10.9 Å². The Bertz CT molecular complexity index is 3300. The molecule has 0 radical (unpaired) electrons. The zero-order chi connectivity index (χ0) is 55.2. The van der Waals surface area contributed by atoms with E-state index in [4.69, 9.17) is 9.84 Å². The van der Waals surface area contributed by atoms with Crippen LogP contribution in [0.2, 0.25) is 0 Å². The van der Waals surface area contributed by atoms with Crippen molar-refractivity contribution in [3.63, 3.8) is 0 Å². The molecular formula is C54H54F6N8O9. The maximum absolute atomic E-state index is 14.2. The molecule has 3 aromatic carbocycles. The van der Waals surface area contributed by atoms with Crippen molar-refractivity contribution in [1.29, 1.82) is 0 Å². The molecule has 2 spiro atoms. The molecule has 11 rings (SSSR count). The van der Waals surface area contributed by atoms with Gasteiger partial charge in [-0.1, -0.05) is 42.5 Å². The Balaban J connectivity index is 0.000000185. The number of rotatable bonds is 9. The van der Waals surface area contributed by atoms with Gasteiger partial charge in [-0.3, -0.25) is 48.1 Å². The van der Waals surface area contributed by atoms with Crippen molar-refractivity contribution in [2.45, 2.75) is 108 Å². The van der Waals surface area contributed by atoms with E-state index in [-0.39, 0.29) is 60.3 Å². The first-order valence-electron chi connectivity index (χ1n) is 24.9. The lowest BCUT2D eigenvalue weighted by atomic mass is 9.73. The summed E-state index contributed by atoms with van der Waals surface area (Å²) in [5, 5.41) is 26.2. The average Bonchev–Trinajstić information content (AvgIpc) is 3.79. The number of carbonyl (C=O) groups excluding carboxylic acids is 4. The standard InChI is InChI=1S/C30H27F3N4O4.C23H23F3N4O4.CH4O/c1-18-8-11-30(9-5-10-30)37-17-35(18)29(40)25-27(41-16-19-6-3-2-4-7-19)26(38)22(15-36(25)37)28(39)34-14-21-23(32)12-20(31)13-24(21)33;1-12-3-6-23(4-2-5-23)30-11-28(12)22(34)18-20(32)19(31)15(10-29(18)30)21(33)27-9-14-16(25)7-13(24)8-17(14)26;1-2/h2-4,6-8,11-13,15,18H,5,9-10,14,16-17H2,1H3,(H,34,39);7-8,10,12,32H,2-6,9,11H2,1H3,(H,27,33);2H,1H3/t18-;12-;/m00./s1. The predicted molar refractivity (Wildman–Crippen MR) is 266 cm³/mol. The van der Waals surface area contributed by atoms with Gasteiger partial charge in [0.25, 0.3) is 23.6 Å². The summed E-state index contributed by atoms with van der Waals surface area (Å²) >= 11 is 0. The number of ether oxygens (including phenoxy) is 1. The number of fused-ring (bicyclic) bond motifs is 10. The van der Waals surface area contributed by atoms with Crippen molar-refractivity contribution in [3.8, 4) is 11.5 Å². The molecule has 4 amide bonds. The van der Waals surface area contributed by atoms with Gasteiger partial charge in [-0.2, -0.15) is 0 Å². The summed E-state index contributed by atoms with van der Waals surface area (Å²) in [6, 6.07) is 10.7. The highest BCUT2D eigenvalue weighted by molar-refractivity contribution is 6.01. The summed E-state index contributed by atoms with van der Waals surface area (Å²) in [5.41, 5.74) is -3.98. The van der Waals surface area contributed by atoms with Gasteiger partial charge < -0.3 is 35.4 Å². The number of pyridine rings is 2. The second-order valence-corrected chi connectivity index (χ2v) is 19.8. The molecule has 1 saturated heterocycles. The lowest BCUT2D eigenvalue weighted by Crippen LogP contribution is -2.65. The monoisotopic (exact) mass is 1070 g/mol. The van der Waals surface area contributed by atoms with Crippen molar-refractivity contribution in [3.05, 3.63) is 174 Å². The average molecular weight is 1070 g/mol. The van der Waals surface area contributed by atoms with E-state index in [2.05, 4.69) is 16.7 Å². The van der Waals surface area contributed by atoms with Gasteiger partial charge >= 0.3 is 0 Å². The fourth-order valence-electron chi connectivity index (χ4n) is 10.7. The van der Waals surface area contributed by atoms with E-state index in [0.29, 0.717) is 24.3 Å². The fraction of sp³-hybridized carbons (Fsp3) is 0.370. The highest BCUT2D eigenvalue weighted by Gasteiger charge is 2.51. The van der Waals surface area contributed by atoms with Crippen LogP contribution >= 0.6 is 0 Å². The SMILES string of the molecule is CO.C[C@H]1C=CC2(CCC2)N2CN1C(=O)c1c(OCc3ccccc3)c(=O)c(C(=O)NCc3c(F)cc(F)cc3F)cn12.C[C@H]1CCC2(CCC2)N2CN1C(=O)c1c(O)c(=O)c(C(=O)NCc3c(F)cc(F)cc3F)cn12. The summed E-state index contributed by atoms with van der Waals surface area (Å²) < 4.78 is 91.7. The number of benzene rings is 3. The molecule has 406 valence electrons. The molecule has 6 aliphatic rings. The van der Waals surface area contributed by atoms with Crippen molar-refractivity contribution in [2.75, 3.05) is 30.5 Å². The van der Waals surface area contributed by atoms with Crippen molar-refractivity contribution in [1.82, 2.24) is 29.8 Å². The molecular weight excluding hydrogens is 1020 g/mol. The third-order valence-electron chi connectivity index (χ3n) is 15.4. The number of hydrogen-bond donors (Lipinski definition) is 4. The maximum atomic E-state index is 14.2. The number of aliphatic hydroxyl groups excluding tert-OH is 1. The highest BCUT2D eigenvalue weighted by atomic mass is 19.2. The van der Waals surface area contributed by atoms with Crippen LogP contribution in [-0.2, 0) is 19.7 Å². The Kier molecular flexibility index (Phi) is 14.8. The lowest BCUT2D eigenvalue weighted by molar-refractivity contribution is 0.0591. The molecule has 3 fully saturated rings. The van der Waals surface area contributed by atoms with Crippen LogP contribution in [0.15, 0.2) is 88.7 Å². The van der Waals surface area contributed by atoms with E-state index in [1.807, 2.05) is 48.1 Å². The van der Waals surface area contributed by atoms with E-state index in [1.54, 1.807) is 21.9 Å². The highest BCUT2D eigenvalue weighted by Crippen LogP contribution is 2.46. The largest absolute Gasteiger partial charge is 0.502 e. The summed E-state index contributed by atoms with van der Waals surface area (Å²) in [6.45, 7) is 3.00. The van der Waals surface area contributed by atoms with Crippen LogP contribution in [0.25, 0.3) is 0 Å². The summed E-state index contributed by atoms with van der Waals surface area (Å²) in [4.78, 5) is 83.0. The van der Waals surface area contributed by atoms with E-state index >= 15 is 0 Å². The molecule has 0 unspecified atom stereocenters. The number of aromatic hydroxyl groups is 1. The smallest absolute Gasteiger partial charge is 0.278 e. The first kappa shape index (κ1) is 53.7. The number of aromatic nitrogens is 2. The minimum Gasteiger partial charge on any atom is -0.502 e. The van der Waals surface area contributed by atoms with E-state index in [1.165, 1.54) is 21.7 Å². The van der Waals surface area contributed by atoms with Gasteiger partial charge in [-0.05, 0) is 70.8 Å². The molecule has 6 heterocycles. The summed E-state index contributed by atoms with van der Waals surface area (Å²) in [5.74, 6) is -10.9. The van der Waals surface area contributed by atoms with Gasteiger partial charge in [-0.15, -0.1) is 0 Å². The quantitative estimate of drug-likeness (QED) is 0.100. The number of nitrogens with zero attached hydrogens (tertiary/aromatic N) is 6. The van der Waals surface area contributed by atoms with Gasteiger partial charge in [0.15, 0.2) is 22.9 Å². The second-order valence-electron chi connectivity index (χ2n) is 19.8. The molecule has 2 saturated carbocycles. The number of hydrogen-bond acceptors (Lipinski definition) is 11.